The molecular weight excluding hydrogens is 258 g/mol. The number of hydrogen-bond donors (Lipinski definition) is 3. The SMILES string of the molecule is CC1CN(C(=O)N[C@@H](CC(N)=O)C(=O)O)CCS1. The molecule has 0 aliphatic carbocycles. The van der Waals surface area contributed by atoms with Gasteiger partial charge in [-0.25, -0.2) is 9.59 Å². The van der Waals surface area contributed by atoms with Crippen molar-refractivity contribution < 1.29 is 19.5 Å². The zero-order valence-electron chi connectivity index (χ0n) is 10.1. The Bertz CT molecular complexity index is 350. The highest BCUT2D eigenvalue weighted by atomic mass is 32.2. The standard InChI is InChI=1S/C10H17N3O4S/c1-6-5-13(2-3-18-6)10(17)12-7(9(15)16)4-8(11)14/h6-7H,2-5H2,1H3,(H2,11,14)(H,12,17)(H,15,16)/t6?,7-/m0/s1. The number of hydrogen-bond acceptors (Lipinski definition) is 4. The van der Waals surface area contributed by atoms with E-state index in [0.29, 0.717) is 18.3 Å². The quantitative estimate of drug-likeness (QED) is 0.638. The average Bonchev–Trinajstić information content (AvgIpc) is 2.27. The highest BCUT2D eigenvalue weighted by Crippen LogP contribution is 2.17. The Labute approximate surface area is 109 Å². The van der Waals surface area contributed by atoms with Crippen LogP contribution >= 0.6 is 11.8 Å². The van der Waals surface area contributed by atoms with Crippen molar-refractivity contribution in [3.8, 4) is 0 Å². The molecule has 102 valence electrons. The number of nitrogens with two attached hydrogens (primary N) is 1. The van der Waals surface area contributed by atoms with E-state index in [4.69, 9.17) is 10.8 Å². The molecule has 7 nitrogen and oxygen atoms in total. The number of nitrogens with zero attached hydrogens (tertiary/aromatic N) is 1. The summed E-state index contributed by atoms with van der Waals surface area (Å²) in [6.07, 6.45) is -0.404. The first-order chi connectivity index (χ1) is 8.40. The topological polar surface area (TPSA) is 113 Å². The zero-order chi connectivity index (χ0) is 13.7. The first-order valence-electron chi connectivity index (χ1n) is 5.58. The van der Waals surface area contributed by atoms with Gasteiger partial charge in [0.1, 0.15) is 6.04 Å². The van der Waals surface area contributed by atoms with E-state index >= 15 is 0 Å². The highest BCUT2D eigenvalue weighted by Gasteiger charge is 2.27. The Morgan fingerprint density at radius 2 is 2.22 bits per heavy atom. The molecule has 1 heterocycles. The lowest BCUT2D eigenvalue weighted by Crippen LogP contribution is -2.52. The van der Waals surface area contributed by atoms with Crippen LogP contribution in [0.15, 0.2) is 0 Å². The number of urea groups is 1. The first-order valence-corrected chi connectivity index (χ1v) is 6.63. The summed E-state index contributed by atoms with van der Waals surface area (Å²) in [5, 5.41) is 11.5. The van der Waals surface area contributed by atoms with Crippen LogP contribution in [0.2, 0.25) is 0 Å². The van der Waals surface area contributed by atoms with Gasteiger partial charge in [0.15, 0.2) is 0 Å². The van der Waals surface area contributed by atoms with Crippen molar-refractivity contribution in [3.63, 3.8) is 0 Å². The third-order valence-electron chi connectivity index (χ3n) is 2.53. The third kappa shape index (κ3) is 4.44. The van der Waals surface area contributed by atoms with Crippen LogP contribution in [0.1, 0.15) is 13.3 Å². The van der Waals surface area contributed by atoms with Crippen molar-refractivity contribution in [2.75, 3.05) is 18.8 Å². The van der Waals surface area contributed by atoms with Gasteiger partial charge in [0.05, 0.1) is 6.42 Å². The van der Waals surface area contributed by atoms with Gasteiger partial charge in [-0.3, -0.25) is 4.79 Å². The molecule has 8 heteroatoms. The maximum atomic E-state index is 11.8. The van der Waals surface area contributed by atoms with Crippen LogP contribution in [0, 0.1) is 0 Å². The summed E-state index contributed by atoms with van der Waals surface area (Å²) in [7, 11) is 0. The summed E-state index contributed by atoms with van der Waals surface area (Å²) in [6, 6.07) is -1.73. The predicted octanol–water partition coefficient (Wildman–Crippen LogP) is -0.538. The number of carboxylic acids is 1. The average molecular weight is 275 g/mol. The summed E-state index contributed by atoms with van der Waals surface area (Å²) in [6.45, 7) is 3.14. The number of aliphatic carboxylic acids is 1. The minimum atomic E-state index is -1.26. The smallest absolute Gasteiger partial charge is 0.326 e. The molecule has 1 fully saturated rings. The van der Waals surface area contributed by atoms with Crippen molar-refractivity contribution in [1.29, 1.82) is 0 Å². The fourth-order valence-corrected chi connectivity index (χ4v) is 2.66. The summed E-state index contributed by atoms with van der Waals surface area (Å²) in [5.41, 5.74) is 4.94. The Morgan fingerprint density at radius 1 is 1.56 bits per heavy atom. The molecule has 0 aromatic heterocycles. The second kappa shape index (κ2) is 6.48. The normalized spacial score (nSPS) is 21.2. The van der Waals surface area contributed by atoms with Crippen LogP contribution in [-0.4, -0.2) is 58.0 Å². The number of thioether (sulfide) groups is 1. The van der Waals surface area contributed by atoms with Crippen LogP contribution in [-0.2, 0) is 9.59 Å². The van der Waals surface area contributed by atoms with E-state index in [-0.39, 0.29) is 0 Å². The second-order valence-corrected chi connectivity index (χ2v) is 5.68. The van der Waals surface area contributed by atoms with E-state index in [0.717, 1.165) is 5.75 Å². The molecule has 0 spiro atoms. The van der Waals surface area contributed by atoms with E-state index in [1.165, 1.54) is 0 Å². The Kier molecular flexibility index (Phi) is 5.26. The van der Waals surface area contributed by atoms with Crippen molar-refractivity contribution >= 4 is 29.7 Å². The number of rotatable bonds is 4. The number of carbonyl (C=O) groups is 3. The van der Waals surface area contributed by atoms with E-state index in [1.54, 1.807) is 16.7 Å². The van der Waals surface area contributed by atoms with Gasteiger partial charge in [0.25, 0.3) is 0 Å². The molecule has 18 heavy (non-hydrogen) atoms. The molecule has 0 aromatic rings. The minimum absolute atomic E-state index is 0.323. The summed E-state index contributed by atoms with van der Waals surface area (Å²) in [4.78, 5) is 35.0. The molecule has 1 unspecified atom stereocenters. The van der Waals surface area contributed by atoms with E-state index in [1.807, 2.05) is 6.92 Å². The van der Waals surface area contributed by atoms with Crippen molar-refractivity contribution in [2.24, 2.45) is 5.73 Å². The number of nitrogens with one attached hydrogen (secondary N) is 1. The summed E-state index contributed by atoms with van der Waals surface area (Å²) >= 11 is 1.76. The first kappa shape index (κ1) is 14.6. The monoisotopic (exact) mass is 275 g/mol. The molecule has 1 rings (SSSR count). The fraction of sp³-hybridized carbons (Fsp3) is 0.700. The lowest BCUT2D eigenvalue weighted by atomic mass is 10.2. The lowest BCUT2D eigenvalue weighted by molar-refractivity contribution is -0.140. The number of carboxylic acid groups (broad SMARTS) is 1. The van der Waals surface area contributed by atoms with Gasteiger partial charge in [-0.15, -0.1) is 0 Å². The van der Waals surface area contributed by atoms with Gasteiger partial charge in [0.2, 0.25) is 5.91 Å². The summed E-state index contributed by atoms with van der Waals surface area (Å²) in [5.74, 6) is -1.20. The largest absolute Gasteiger partial charge is 0.480 e. The lowest BCUT2D eigenvalue weighted by Gasteiger charge is -2.31. The van der Waals surface area contributed by atoms with Crippen LogP contribution < -0.4 is 11.1 Å². The molecule has 1 aliphatic rings. The molecule has 0 aromatic carbocycles. The molecule has 0 bridgehead atoms. The molecular formula is C10H17N3O4S. The van der Waals surface area contributed by atoms with Crippen molar-refractivity contribution in [2.45, 2.75) is 24.6 Å². The molecule has 0 saturated carbocycles. The predicted molar refractivity (Wildman–Crippen MR) is 67.3 cm³/mol. The van der Waals surface area contributed by atoms with Crippen LogP contribution in [0.25, 0.3) is 0 Å². The molecule has 1 aliphatic heterocycles. The number of carbonyl (C=O) groups excluding carboxylic acids is 2. The second-order valence-electron chi connectivity index (χ2n) is 4.14. The van der Waals surface area contributed by atoms with Gasteiger partial charge in [-0.2, -0.15) is 11.8 Å². The maximum absolute atomic E-state index is 11.8. The Morgan fingerprint density at radius 3 is 2.72 bits per heavy atom. The fourth-order valence-electron chi connectivity index (χ4n) is 1.64. The van der Waals surface area contributed by atoms with Crippen LogP contribution in [0.4, 0.5) is 4.79 Å². The van der Waals surface area contributed by atoms with E-state index in [9.17, 15) is 14.4 Å². The van der Waals surface area contributed by atoms with Gasteiger partial charge in [-0.05, 0) is 0 Å². The van der Waals surface area contributed by atoms with Crippen LogP contribution in [0.3, 0.4) is 0 Å². The van der Waals surface area contributed by atoms with Gasteiger partial charge in [-0.1, -0.05) is 6.92 Å². The van der Waals surface area contributed by atoms with Crippen molar-refractivity contribution in [1.82, 2.24) is 10.2 Å². The molecule has 1 saturated heterocycles. The molecule has 4 N–H and O–H groups in total. The molecule has 3 amide bonds. The number of amides is 3. The van der Waals surface area contributed by atoms with Gasteiger partial charge < -0.3 is 21.1 Å². The van der Waals surface area contributed by atoms with Crippen molar-refractivity contribution in [3.05, 3.63) is 0 Å². The van der Waals surface area contributed by atoms with E-state index < -0.39 is 30.4 Å². The molecule has 2 atom stereocenters. The van der Waals surface area contributed by atoms with E-state index in [2.05, 4.69) is 5.32 Å². The third-order valence-corrected chi connectivity index (χ3v) is 3.67. The minimum Gasteiger partial charge on any atom is -0.480 e. The van der Waals surface area contributed by atoms with Gasteiger partial charge in [0, 0.05) is 24.1 Å². The molecule has 0 radical (unpaired) electrons. The zero-order valence-corrected chi connectivity index (χ0v) is 10.9. The van der Waals surface area contributed by atoms with Gasteiger partial charge >= 0.3 is 12.0 Å². The van der Waals surface area contributed by atoms with Crippen LogP contribution in [0.5, 0.6) is 0 Å². The Balaban J connectivity index is 2.54. The maximum Gasteiger partial charge on any atom is 0.326 e. The summed E-state index contributed by atoms with van der Waals surface area (Å²) < 4.78 is 0. The number of primary amides is 1. The Hall–Kier alpha value is -1.44. The highest BCUT2D eigenvalue weighted by molar-refractivity contribution is 7.99.